The summed E-state index contributed by atoms with van der Waals surface area (Å²) in [6.45, 7) is 6.96. The minimum atomic E-state index is -3.28. The third kappa shape index (κ3) is 8.31. The monoisotopic (exact) mass is 564 g/mol. The highest BCUT2D eigenvalue weighted by Crippen LogP contribution is 2.21. The lowest BCUT2D eigenvalue weighted by Crippen LogP contribution is -2.54. The molecule has 0 unspecified atom stereocenters. The molecule has 0 bridgehead atoms. The zero-order valence-electron chi connectivity index (χ0n) is 16.6. The van der Waals surface area contributed by atoms with Crippen molar-refractivity contribution in [2.24, 2.45) is 4.99 Å². The Kier molecular flexibility index (Phi) is 11.6. The summed E-state index contributed by atoms with van der Waals surface area (Å²) in [5.41, 5.74) is 0. The first kappa shape index (κ1) is 25.9. The van der Waals surface area contributed by atoms with Gasteiger partial charge in [-0.05, 0) is 32.4 Å². The zero-order chi connectivity index (χ0) is 19.9. The maximum absolute atomic E-state index is 12.4. The van der Waals surface area contributed by atoms with Gasteiger partial charge in [-0.3, -0.25) is 4.99 Å². The molecule has 11 heteroatoms. The van der Waals surface area contributed by atoms with Crippen molar-refractivity contribution < 1.29 is 13.2 Å². The van der Waals surface area contributed by atoms with Crippen LogP contribution in [-0.2, 0) is 21.2 Å². The van der Waals surface area contributed by atoms with Gasteiger partial charge in [-0.2, -0.15) is 4.31 Å². The van der Waals surface area contributed by atoms with Crippen LogP contribution in [0.4, 0.5) is 0 Å². The number of ether oxygens (including phenoxy) is 1. The second kappa shape index (κ2) is 12.5. The zero-order valence-corrected chi connectivity index (χ0v) is 21.3. The lowest BCUT2D eigenvalue weighted by atomic mass is 10.3. The summed E-state index contributed by atoms with van der Waals surface area (Å²) in [6, 6.07) is 3.94. The number of aliphatic imine (C=N–C) groups is 1. The van der Waals surface area contributed by atoms with E-state index in [-0.39, 0.29) is 42.4 Å². The van der Waals surface area contributed by atoms with Crippen molar-refractivity contribution >= 4 is 62.9 Å². The van der Waals surface area contributed by atoms with E-state index in [1.165, 1.54) is 4.88 Å². The van der Waals surface area contributed by atoms with Gasteiger partial charge in [0.15, 0.2) is 5.96 Å². The van der Waals surface area contributed by atoms with Gasteiger partial charge >= 0.3 is 0 Å². The molecule has 1 aromatic heterocycles. The Hall–Kier alpha value is -0.140. The van der Waals surface area contributed by atoms with E-state index < -0.39 is 10.0 Å². The fourth-order valence-electron chi connectivity index (χ4n) is 2.81. The van der Waals surface area contributed by atoms with E-state index in [0.717, 1.165) is 23.3 Å². The van der Waals surface area contributed by atoms with Crippen molar-refractivity contribution in [2.75, 3.05) is 52.1 Å². The van der Waals surface area contributed by atoms with Crippen molar-refractivity contribution in [3.8, 4) is 0 Å². The van der Waals surface area contributed by atoms with Crippen LogP contribution in [0.5, 0.6) is 0 Å². The second-order valence-corrected chi connectivity index (χ2v) is 10.4. The van der Waals surface area contributed by atoms with Crippen LogP contribution in [0.25, 0.3) is 0 Å². The molecule has 2 heterocycles. The summed E-state index contributed by atoms with van der Waals surface area (Å²) >= 11 is 7.54. The first-order chi connectivity index (χ1) is 12.8. The van der Waals surface area contributed by atoms with Gasteiger partial charge in [-0.15, -0.1) is 35.3 Å². The van der Waals surface area contributed by atoms with E-state index in [4.69, 9.17) is 16.3 Å². The molecule has 0 aliphatic carbocycles. The average Bonchev–Trinajstić information content (AvgIpc) is 3.03. The van der Waals surface area contributed by atoms with Gasteiger partial charge in [0.25, 0.3) is 0 Å². The van der Waals surface area contributed by atoms with Crippen molar-refractivity contribution in [1.82, 2.24) is 14.5 Å². The fourth-order valence-corrected chi connectivity index (χ4v) is 5.18. The van der Waals surface area contributed by atoms with E-state index in [2.05, 4.69) is 15.2 Å². The molecule has 0 aromatic carbocycles. The number of nitrogens with one attached hydrogen (secondary N) is 1. The maximum Gasteiger partial charge on any atom is 0.216 e. The third-order valence-electron chi connectivity index (χ3n) is 4.22. The number of rotatable bonds is 8. The van der Waals surface area contributed by atoms with Crippen molar-refractivity contribution in [2.45, 2.75) is 26.4 Å². The summed E-state index contributed by atoms with van der Waals surface area (Å²) in [5.74, 6) is 0.833. The summed E-state index contributed by atoms with van der Waals surface area (Å²) in [6.07, 6.45) is 0.914. The molecule has 0 amide bonds. The van der Waals surface area contributed by atoms with E-state index in [9.17, 15) is 8.42 Å². The topological polar surface area (TPSA) is 74.2 Å². The van der Waals surface area contributed by atoms with Gasteiger partial charge in [0.05, 0.1) is 22.8 Å². The number of sulfonamides is 1. The van der Waals surface area contributed by atoms with Gasteiger partial charge in [-0.1, -0.05) is 11.6 Å². The molecule has 0 atom stereocenters. The van der Waals surface area contributed by atoms with Gasteiger partial charge in [0.1, 0.15) is 0 Å². The first-order valence-electron chi connectivity index (χ1n) is 9.11. The van der Waals surface area contributed by atoms with Crippen LogP contribution in [0.3, 0.4) is 0 Å². The standard InChI is InChI=1S/C17H29ClN4O3S2.HI/c1-14(2)25-12-13-27(23,24)22-10-8-21(9-11-22)17(19-3)20-7-6-15-4-5-16(18)26-15;/h4-5,14H,6-13H2,1-3H3,(H,19,20);1H. The van der Waals surface area contributed by atoms with Crippen LogP contribution in [0, 0.1) is 0 Å². The molecule has 162 valence electrons. The molecule has 0 saturated carbocycles. The minimum absolute atomic E-state index is 0. The Labute approximate surface area is 194 Å². The van der Waals surface area contributed by atoms with Crippen LogP contribution >= 0.6 is 46.9 Å². The molecule has 2 rings (SSSR count). The van der Waals surface area contributed by atoms with E-state index in [0.29, 0.717) is 26.2 Å². The first-order valence-corrected chi connectivity index (χ1v) is 11.9. The smallest absolute Gasteiger partial charge is 0.216 e. The predicted molar refractivity (Wildman–Crippen MR) is 128 cm³/mol. The molecule has 1 aromatic rings. The van der Waals surface area contributed by atoms with Crippen LogP contribution in [0.1, 0.15) is 18.7 Å². The molecule has 0 spiro atoms. The Morgan fingerprint density at radius 3 is 2.54 bits per heavy atom. The second-order valence-electron chi connectivity index (χ2n) is 6.55. The van der Waals surface area contributed by atoms with E-state index in [1.807, 2.05) is 26.0 Å². The molecular formula is C17H30ClIN4O3S2. The van der Waals surface area contributed by atoms with E-state index in [1.54, 1.807) is 22.7 Å². The van der Waals surface area contributed by atoms with Crippen molar-refractivity contribution in [1.29, 1.82) is 0 Å². The third-order valence-corrected chi connectivity index (χ3v) is 7.34. The highest BCUT2D eigenvalue weighted by molar-refractivity contribution is 14.0. The predicted octanol–water partition coefficient (Wildman–Crippen LogP) is 2.51. The number of thiophene rings is 1. The number of halogens is 2. The highest BCUT2D eigenvalue weighted by atomic mass is 127. The van der Waals surface area contributed by atoms with Crippen LogP contribution in [0.2, 0.25) is 4.34 Å². The quantitative estimate of drug-likeness (QED) is 0.298. The van der Waals surface area contributed by atoms with Gasteiger partial charge in [0.2, 0.25) is 10.0 Å². The summed E-state index contributed by atoms with van der Waals surface area (Å²) in [7, 11) is -1.53. The highest BCUT2D eigenvalue weighted by Gasteiger charge is 2.27. The van der Waals surface area contributed by atoms with Gasteiger partial charge in [0, 0.05) is 44.6 Å². The molecule has 7 nitrogen and oxygen atoms in total. The Morgan fingerprint density at radius 2 is 2.00 bits per heavy atom. The molecule has 0 radical (unpaired) electrons. The number of hydrogen-bond acceptors (Lipinski definition) is 5. The summed E-state index contributed by atoms with van der Waals surface area (Å²) in [5, 5.41) is 3.35. The number of hydrogen-bond donors (Lipinski definition) is 1. The van der Waals surface area contributed by atoms with Crippen molar-refractivity contribution in [3.05, 3.63) is 21.3 Å². The van der Waals surface area contributed by atoms with Crippen LogP contribution < -0.4 is 5.32 Å². The SMILES string of the molecule is CN=C(NCCc1ccc(Cl)s1)N1CCN(S(=O)(=O)CCOC(C)C)CC1.I. The molecule has 1 N–H and O–H groups in total. The fraction of sp³-hybridized carbons (Fsp3) is 0.706. The average molecular weight is 565 g/mol. The normalized spacial score (nSPS) is 16.3. The molecular weight excluding hydrogens is 535 g/mol. The van der Waals surface area contributed by atoms with Crippen molar-refractivity contribution in [3.63, 3.8) is 0 Å². The summed E-state index contributed by atoms with van der Waals surface area (Å²) < 4.78 is 32.6. The Bertz CT molecular complexity index is 720. The van der Waals surface area contributed by atoms with Gasteiger partial charge in [-0.25, -0.2) is 8.42 Å². The Balaban J connectivity index is 0.00000392. The lowest BCUT2D eigenvalue weighted by molar-refractivity contribution is 0.0904. The molecule has 1 saturated heterocycles. The molecule has 1 fully saturated rings. The summed E-state index contributed by atoms with van der Waals surface area (Å²) in [4.78, 5) is 7.64. The molecule has 1 aliphatic heterocycles. The van der Waals surface area contributed by atoms with E-state index >= 15 is 0 Å². The maximum atomic E-state index is 12.4. The van der Waals surface area contributed by atoms with Crippen LogP contribution in [0.15, 0.2) is 17.1 Å². The molecule has 28 heavy (non-hydrogen) atoms. The number of piperazine rings is 1. The number of guanidine groups is 1. The van der Waals surface area contributed by atoms with Gasteiger partial charge < -0.3 is 15.0 Å². The van der Waals surface area contributed by atoms with Crippen LogP contribution in [-0.4, -0.2) is 81.8 Å². The lowest BCUT2D eigenvalue weighted by Gasteiger charge is -2.35. The molecule has 1 aliphatic rings. The number of nitrogens with zero attached hydrogens (tertiary/aromatic N) is 3. The minimum Gasteiger partial charge on any atom is -0.378 e. The largest absolute Gasteiger partial charge is 0.378 e. The Morgan fingerprint density at radius 1 is 1.32 bits per heavy atom.